The van der Waals surface area contributed by atoms with Crippen molar-refractivity contribution in [1.82, 2.24) is 10.3 Å². The molecule has 2 rings (SSSR count). The minimum atomic E-state index is -0.0347. The van der Waals surface area contributed by atoms with Crippen LogP contribution in [0, 0.1) is 6.92 Å². The van der Waals surface area contributed by atoms with E-state index in [2.05, 4.69) is 10.3 Å². The van der Waals surface area contributed by atoms with Crippen LogP contribution in [0.5, 0.6) is 0 Å². The first kappa shape index (κ1) is 20.4. The number of carbonyl (C=O) groups is 1. The van der Waals surface area contributed by atoms with Crippen molar-refractivity contribution < 1.29 is 9.21 Å². The molecule has 5 nitrogen and oxygen atoms in total. The zero-order chi connectivity index (χ0) is 14.4. The molecule has 0 aliphatic heterocycles. The van der Waals surface area contributed by atoms with Crippen LogP contribution < -0.4 is 11.1 Å². The van der Waals surface area contributed by atoms with E-state index < -0.39 is 0 Å². The van der Waals surface area contributed by atoms with E-state index in [1.165, 1.54) is 0 Å². The standard InChI is InChI=1S/C15H19N3O2.2ClH/c1-11-15(12-5-3-2-4-6-12)20-14(18-11)8-7-13(19)17-10-9-16;;/h2-6H,7-10,16H2,1H3,(H,17,19);2*1H. The zero-order valence-corrected chi connectivity index (χ0v) is 14.0. The number of aromatic nitrogens is 1. The third-order valence-corrected chi connectivity index (χ3v) is 2.91. The number of nitrogens with two attached hydrogens (primary N) is 1. The van der Waals surface area contributed by atoms with E-state index in [0.717, 1.165) is 17.0 Å². The lowest BCUT2D eigenvalue weighted by atomic mass is 10.1. The monoisotopic (exact) mass is 345 g/mol. The molecule has 1 aromatic heterocycles. The Morgan fingerprint density at radius 2 is 1.95 bits per heavy atom. The van der Waals surface area contributed by atoms with Gasteiger partial charge in [-0.3, -0.25) is 4.79 Å². The third kappa shape index (κ3) is 5.67. The smallest absolute Gasteiger partial charge is 0.220 e. The van der Waals surface area contributed by atoms with Crippen molar-refractivity contribution in [2.45, 2.75) is 19.8 Å². The van der Waals surface area contributed by atoms with Crippen molar-refractivity contribution in [3.05, 3.63) is 41.9 Å². The molecule has 2 aromatic rings. The predicted octanol–water partition coefficient (Wildman–Crippen LogP) is 2.50. The van der Waals surface area contributed by atoms with Gasteiger partial charge < -0.3 is 15.5 Å². The molecule has 0 bridgehead atoms. The molecule has 0 spiro atoms. The van der Waals surface area contributed by atoms with Crippen molar-refractivity contribution in [1.29, 1.82) is 0 Å². The number of amides is 1. The summed E-state index contributed by atoms with van der Waals surface area (Å²) < 4.78 is 5.74. The van der Waals surface area contributed by atoms with Crippen LogP contribution in [-0.4, -0.2) is 24.0 Å². The molecule has 0 fully saturated rings. The summed E-state index contributed by atoms with van der Waals surface area (Å²) in [7, 11) is 0. The number of carbonyl (C=O) groups excluding carboxylic acids is 1. The quantitative estimate of drug-likeness (QED) is 0.842. The number of halogens is 2. The molecular formula is C15H21Cl2N3O2. The van der Waals surface area contributed by atoms with Gasteiger partial charge in [-0.2, -0.15) is 0 Å². The lowest BCUT2D eigenvalue weighted by Crippen LogP contribution is -2.29. The van der Waals surface area contributed by atoms with E-state index in [-0.39, 0.29) is 30.7 Å². The molecule has 122 valence electrons. The largest absolute Gasteiger partial charge is 0.440 e. The van der Waals surface area contributed by atoms with Crippen LogP contribution in [0.15, 0.2) is 34.7 Å². The van der Waals surface area contributed by atoms with Crippen LogP contribution in [0.2, 0.25) is 0 Å². The van der Waals surface area contributed by atoms with Gasteiger partial charge in [-0.05, 0) is 6.92 Å². The summed E-state index contributed by atoms with van der Waals surface area (Å²) in [5.41, 5.74) is 7.16. The molecule has 1 amide bonds. The van der Waals surface area contributed by atoms with Crippen molar-refractivity contribution >= 4 is 30.7 Å². The van der Waals surface area contributed by atoms with E-state index in [0.29, 0.717) is 31.8 Å². The number of aryl methyl sites for hydroxylation is 2. The van der Waals surface area contributed by atoms with Crippen LogP contribution >= 0.6 is 24.8 Å². The third-order valence-electron chi connectivity index (χ3n) is 2.91. The molecule has 0 aliphatic carbocycles. The first-order valence-corrected chi connectivity index (χ1v) is 6.69. The second kappa shape index (κ2) is 10.2. The Labute approximate surface area is 142 Å². The summed E-state index contributed by atoms with van der Waals surface area (Å²) in [6.07, 6.45) is 0.845. The molecule has 1 aromatic carbocycles. The minimum Gasteiger partial charge on any atom is -0.440 e. The Morgan fingerprint density at radius 1 is 1.27 bits per heavy atom. The van der Waals surface area contributed by atoms with E-state index in [4.69, 9.17) is 10.2 Å². The highest BCUT2D eigenvalue weighted by Crippen LogP contribution is 2.24. The Bertz CT molecular complexity index is 573. The lowest BCUT2D eigenvalue weighted by Gasteiger charge is -2.01. The Hall–Kier alpha value is -1.56. The molecule has 0 saturated carbocycles. The van der Waals surface area contributed by atoms with Crippen LogP contribution in [0.25, 0.3) is 11.3 Å². The average Bonchev–Trinajstić information content (AvgIpc) is 2.85. The molecule has 0 saturated heterocycles. The molecule has 0 radical (unpaired) electrons. The van der Waals surface area contributed by atoms with Gasteiger partial charge in [-0.25, -0.2) is 4.98 Å². The second-order valence-corrected chi connectivity index (χ2v) is 4.53. The van der Waals surface area contributed by atoms with Gasteiger partial charge >= 0.3 is 0 Å². The number of hydrogen-bond donors (Lipinski definition) is 2. The van der Waals surface area contributed by atoms with E-state index >= 15 is 0 Å². The van der Waals surface area contributed by atoms with Gasteiger partial charge in [0, 0.05) is 31.5 Å². The van der Waals surface area contributed by atoms with E-state index in [1.54, 1.807) is 0 Å². The van der Waals surface area contributed by atoms with E-state index in [1.807, 2.05) is 37.3 Å². The van der Waals surface area contributed by atoms with Gasteiger partial charge in [-0.15, -0.1) is 24.8 Å². The fourth-order valence-corrected chi connectivity index (χ4v) is 1.94. The first-order chi connectivity index (χ1) is 9.70. The average molecular weight is 346 g/mol. The Morgan fingerprint density at radius 3 is 2.59 bits per heavy atom. The molecule has 3 N–H and O–H groups in total. The highest BCUT2D eigenvalue weighted by atomic mass is 35.5. The van der Waals surface area contributed by atoms with Gasteiger partial charge in [-0.1, -0.05) is 30.3 Å². The van der Waals surface area contributed by atoms with Crippen molar-refractivity contribution in [2.24, 2.45) is 5.73 Å². The number of nitrogens with one attached hydrogen (secondary N) is 1. The molecule has 0 aliphatic rings. The SMILES string of the molecule is Cc1nc(CCC(=O)NCCN)oc1-c1ccccc1.Cl.Cl. The van der Waals surface area contributed by atoms with Crippen LogP contribution in [0.3, 0.4) is 0 Å². The molecule has 0 unspecified atom stereocenters. The number of oxazole rings is 1. The van der Waals surface area contributed by atoms with Gasteiger partial charge in [0.25, 0.3) is 0 Å². The molecular weight excluding hydrogens is 325 g/mol. The normalized spacial score (nSPS) is 9.55. The summed E-state index contributed by atoms with van der Waals surface area (Å²) in [4.78, 5) is 15.9. The second-order valence-electron chi connectivity index (χ2n) is 4.53. The fourth-order valence-electron chi connectivity index (χ4n) is 1.94. The van der Waals surface area contributed by atoms with Gasteiger partial charge in [0.15, 0.2) is 11.7 Å². The maximum atomic E-state index is 11.5. The van der Waals surface area contributed by atoms with Crippen LogP contribution in [0.4, 0.5) is 0 Å². The molecule has 0 atom stereocenters. The summed E-state index contributed by atoms with van der Waals surface area (Å²) in [5, 5.41) is 2.72. The van der Waals surface area contributed by atoms with Crippen LogP contribution in [-0.2, 0) is 11.2 Å². The topological polar surface area (TPSA) is 81.2 Å². The summed E-state index contributed by atoms with van der Waals surface area (Å²) in [5.74, 6) is 1.32. The van der Waals surface area contributed by atoms with Crippen LogP contribution in [0.1, 0.15) is 18.0 Å². The Kier molecular flexibility index (Phi) is 9.49. The zero-order valence-electron chi connectivity index (χ0n) is 12.4. The minimum absolute atomic E-state index is 0. The Balaban J connectivity index is 0.00000220. The van der Waals surface area contributed by atoms with Crippen molar-refractivity contribution in [2.75, 3.05) is 13.1 Å². The number of hydrogen-bond acceptors (Lipinski definition) is 4. The van der Waals surface area contributed by atoms with E-state index in [9.17, 15) is 4.79 Å². The highest BCUT2D eigenvalue weighted by Gasteiger charge is 2.12. The van der Waals surface area contributed by atoms with Gasteiger partial charge in [0.2, 0.25) is 5.91 Å². The molecule has 7 heteroatoms. The maximum Gasteiger partial charge on any atom is 0.220 e. The summed E-state index contributed by atoms with van der Waals surface area (Å²) >= 11 is 0. The maximum absolute atomic E-state index is 11.5. The number of nitrogens with zero attached hydrogens (tertiary/aromatic N) is 1. The fraction of sp³-hybridized carbons (Fsp3) is 0.333. The molecule has 1 heterocycles. The van der Waals surface area contributed by atoms with Crippen molar-refractivity contribution in [3.63, 3.8) is 0 Å². The van der Waals surface area contributed by atoms with Gasteiger partial charge in [0.1, 0.15) is 0 Å². The number of rotatable bonds is 6. The van der Waals surface area contributed by atoms with Crippen molar-refractivity contribution in [3.8, 4) is 11.3 Å². The summed E-state index contributed by atoms with van der Waals surface area (Å²) in [6, 6.07) is 9.82. The van der Waals surface area contributed by atoms with Gasteiger partial charge in [0.05, 0.1) is 5.69 Å². The lowest BCUT2D eigenvalue weighted by molar-refractivity contribution is -0.121. The predicted molar refractivity (Wildman–Crippen MR) is 91.6 cm³/mol. The molecule has 22 heavy (non-hydrogen) atoms. The summed E-state index contributed by atoms with van der Waals surface area (Å²) in [6.45, 7) is 2.85. The first-order valence-electron chi connectivity index (χ1n) is 6.69. The number of benzene rings is 1. The highest BCUT2D eigenvalue weighted by molar-refractivity contribution is 5.85.